The highest BCUT2D eigenvalue weighted by Crippen LogP contribution is 2.27. The number of hydrogen-bond donors (Lipinski definition) is 2. The first kappa shape index (κ1) is 21.7. The maximum Gasteiger partial charge on any atom is 0.244 e. The third kappa shape index (κ3) is 6.24. The van der Waals surface area contributed by atoms with Crippen molar-refractivity contribution in [1.82, 2.24) is 10.0 Å². The highest BCUT2D eigenvalue weighted by molar-refractivity contribution is 7.89. The molecule has 0 radical (unpaired) electrons. The van der Waals surface area contributed by atoms with Gasteiger partial charge in [-0.25, -0.2) is 13.1 Å². The van der Waals surface area contributed by atoms with E-state index in [0.717, 1.165) is 11.1 Å². The Kier molecular flexibility index (Phi) is 7.83. The molecule has 0 saturated heterocycles. The quantitative estimate of drug-likeness (QED) is 0.590. The third-order valence-electron chi connectivity index (χ3n) is 4.15. The minimum atomic E-state index is -3.74. The number of aryl methyl sites for hydroxylation is 2. The van der Waals surface area contributed by atoms with Gasteiger partial charge in [0.25, 0.3) is 0 Å². The Morgan fingerprint density at radius 2 is 1.71 bits per heavy atom. The van der Waals surface area contributed by atoms with Crippen molar-refractivity contribution in [2.45, 2.75) is 25.2 Å². The summed E-state index contributed by atoms with van der Waals surface area (Å²) in [4.78, 5) is 11.9. The van der Waals surface area contributed by atoms with Crippen molar-refractivity contribution in [3.05, 3.63) is 53.6 Å². The van der Waals surface area contributed by atoms with E-state index in [4.69, 9.17) is 9.47 Å². The average Bonchev–Trinajstić information content (AvgIpc) is 2.68. The van der Waals surface area contributed by atoms with Gasteiger partial charge in [0.1, 0.15) is 16.4 Å². The monoisotopic (exact) mass is 406 g/mol. The van der Waals surface area contributed by atoms with Gasteiger partial charge < -0.3 is 14.8 Å². The molecule has 2 aromatic rings. The fourth-order valence-corrected chi connectivity index (χ4v) is 3.73. The van der Waals surface area contributed by atoms with Crippen LogP contribution in [0.3, 0.4) is 0 Å². The maximum absolute atomic E-state index is 12.5. The second kappa shape index (κ2) is 10.1. The average molecular weight is 407 g/mol. The van der Waals surface area contributed by atoms with E-state index in [9.17, 15) is 13.2 Å². The molecule has 0 saturated carbocycles. The van der Waals surface area contributed by atoms with Gasteiger partial charge in [0, 0.05) is 13.1 Å². The van der Waals surface area contributed by atoms with Gasteiger partial charge in [0.2, 0.25) is 15.9 Å². The molecule has 0 aliphatic rings. The van der Waals surface area contributed by atoms with Gasteiger partial charge in [-0.15, -0.1) is 0 Å². The molecule has 0 bridgehead atoms. The van der Waals surface area contributed by atoms with E-state index < -0.39 is 10.0 Å². The number of hydrogen-bond acceptors (Lipinski definition) is 5. The van der Waals surface area contributed by atoms with Crippen LogP contribution in [0.4, 0.5) is 0 Å². The van der Waals surface area contributed by atoms with Crippen LogP contribution in [0.25, 0.3) is 0 Å². The van der Waals surface area contributed by atoms with Crippen molar-refractivity contribution < 1.29 is 22.7 Å². The van der Waals surface area contributed by atoms with Crippen LogP contribution < -0.4 is 19.5 Å². The second-order valence-electron chi connectivity index (χ2n) is 6.25. The van der Waals surface area contributed by atoms with Crippen LogP contribution in [0.1, 0.15) is 17.5 Å². The summed E-state index contributed by atoms with van der Waals surface area (Å²) >= 11 is 0. The van der Waals surface area contributed by atoms with Gasteiger partial charge in [-0.05, 0) is 49.2 Å². The van der Waals surface area contributed by atoms with Crippen molar-refractivity contribution in [2.24, 2.45) is 0 Å². The molecule has 2 aromatic carbocycles. The lowest BCUT2D eigenvalue weighted by atomic mass is 10.1. The predicted molar refractivity (Wildman–Crippen MR) is 107 cm³/mol. The zero-order valence-corrected chi connectivity index (χ0v) is 17.1. The molecule has 0 aromatic heterocycles. The van der Waals surface area contributed by atoms with Crippen molar-refractivity contribution in [3.63, 3.8) is 0 Å². The normalized spacial score (nSPS) is 11.1. The molecule has 2 rings (SSSR count). The number of carbonyl (C=O) groups is 1. The van der Waals surface area contributed by atoms with E-state index >= 15 is 0 Å². The fraction of sp³-hybridized carbons (Fsp3) is 0.350. The molecule has 2 N–H and O–H groups in total. The van der Waals surface area contributed by atoms with E-state index in [1.54, 1.807) is 12.1 Å². The molecule has 0 aliphatic carbocycles. The van der Waals surface area contributed by atoms with Gasteiger partial charge in [-0.1, -0.05) is 18.2 Å². The summed E-state index contributed by atoms with van der Waals surface area (Å²) in [6.07, 6.45) is 0.187. The standard InChI is InChI=1S/C20H26N2O5S/c1-15-13-18(26-3)19(14-16(15)2)28(24,25)22-11-10-21-20(23)9-12-27-17-7-5-4-6-8-17/h4-8,13-14,22H,9-12H2,1-3H3,(H,21,23). The molecule has 28 heavy (non-hydrogen) atoms. The van der Waals surface area contributed by atoms with E-state index in [-0.39, 0.29) is 42.7 Å². The van der Waals surface area contributed by atoms with Crippen LogP contribution >= 0.6 is 0 Å². The predicted octanol–water partition coefficient (Wildman–Crippen LogP) is 2.18. The molecule has 0 spiro atoms. The highest BCUT2D eigenvalue weighted by Gasteiger charge is 2.20. The molecule has 0 aliphatic heterocycles. The van der Waals surface area contributed by atoms with Crippen molar-refractivity contribution in [3.8, 4) is 11.5 Å². The largest absolute Gasteiger partial charge is 0.495 e. The van der Waals surface area contributed by atoms with Crippen LogP contribution in [0, 0.1) is 13.8 Å². The summed E-state index contributed by atoms with van der Waals surface area (Å²) < 4.78 is 38.2. The summed E-state index contributed by atoms with van der Waals surface area (Å²) in [6.45, 7) is 4.23. The number of ether oxygens (including phenoxy) is 2. The van der Waals surface area contributed by atoms with Crippen molar-refractivity contribution in [1.29, 1.82) is 0 Å². The molecule has 152 valence electrons. The third-order valence-corrected chi connectivity index (χ3v) is 5.63. The number of sulfonamides is 1. The first-order valence-electron chi connectivity index (χ1n) is 8.93. The fourth-order valence-electron chi connectivity index (χ4n) is 2.46. The first-order valence-corrected chi connectivity index (χ1v) is 10.4. The van der Waals surface area contributed by atoms with Gasteiger partial charge in [-0.3, -0.25) is 4.79 Å². The summed E-state index contributed by atoms with van der Waals surface area (Å²) in [5, 5.41) is 2.66. The highest BCUT2D eigenvalue weighted by atomic mass is 32.2. The van der Waals surface area contributed by atoms with Crippen molar-refractivity contribution in [2.75, 3.05) is 26.8 Å². The summed E-state index contributed by atoms with van der Waals surface area (Å²) in [5.74, 6) is 0.780. The molecule has 8 heteroatoms. The number of amides is 1. The Hall–Kier alpha value is -2.58. The second-order valence-corrected chi connectivity index (χ2v) is 7.98. The summed E-state index contributed by atoms with van der Waals surface area (Å²) in [7, 11) is -2.31. The molecule has 0 atom stereocenters. The number of para-hydroxylation sites is 1. The maximum atomic E-state index is 12.5. The van der Waals surface area contributed by atoms with Gasteiger partial charge in [-0.2, -0.15) is 0 Å². The number of carbonyl (C=O) groups excluding carboxylic acids is 1. The minimum absolute atomic E-state index is 0.0731. The zero-order valence-electron chi connectivity index (χ0n) is 16.3. The Morgan fingerprint density at radius 3 is 2.39 bits per heavy atom. The molecular formula is C20H26N2O5S. The lowest BCUT2D eigenvalue weighted by Crippen LogP contribution is -2.35. The van der Waals surface area contributed by atoms with E-state index in [2.05, 4.69) is 10.0 Å². The number of benzene rings is 2. The van der Waals surface area contributed by atoms with Gasteiger partial charge in [0.15, 0.2) is 0 Å². The Morgan fingerprint density at radius 1 is 1.04 bits per heavy atom. The number of rotatable bonds is 10. The van der Waals surface area contributed by atoms with Gasteiger partial charge in [0.05, 0.1) is 20.1 Å². The van der Waals surface area contributed by atoms with Crippen molar-refractivity contribution >= 4 is 15.9 Å². The van der Waals surface area contributed by atoms with Crippen LogP contribution in [-0.4, -0.2) is 41.1 Å². The number of methoxy groups -OCH3 is 1. The Labute approximate surface area is 166 Å². The van der Waals surface area contributed by atoms with E-state index in [1.807, 2.05) is 44.2 Å². The van der Waals surface area contributed by atoms with Gasteiger partial charge >= 0.3 is 0 Å². The van der Waals surface area contributed by atoms with Crippen LogP contribution in [-0.2, 0) is 14.8 Å². The minimum Gasteiger partial charge on any atom is -0.495 e. The lowest BCUT2D eigenvalue weighted by molar-refractivity contribution is -0.121. The van der Waals surface area contributed by atoms with E-state index in [0.29, 0.717) is 5.75 Å². The molecular weight excluding hydrogens is 380 g/mol. The Balaban J connectivity index is 1.78. The molecule has 0 unspecified atom stereocenters. The Bertz CT molecular complexity index is 898. The SMILES string of the molecule is COc1cc(C)c(C)cc1S(=O)(=O)NCCNC(=O)CCOc1ccccc1. The number of nitrogens with one attached hydrogen (secondary N) is 2. The smallest absolute Gasteiger partial charge is 0.244 e. The van der Waals surface area contributed by atoms with Crippen LogP contribution in [0.15, 0.2) is 47.4 Å². The lowest BCUT2D eigenvalue weighted by Gasteiger charge is -2.13. The first-order chi connectivity index (χ1) is 13.3. The van der Waals surface area contributed by atoms with Crippen LogP contribution in [0.2, 0.25) is 0 Å². The zero-order chi connectivity index (χ0) is 20.6. The van der Waals surface area contributed by atoms with Crippen LogP contribution in [0.5, 0.6) is 11.5 Å². The summed E-state index contributed by atoms with van der Waals surface area (Å²) in [6, 6.07) is 12.5. The van der Waals surface area contributed by atoms with E-state index in [1.165, 1.54) is 7.11 Å². The topological polar surface area (TPSA) is 93.7 Å². The molecule has 0 fully saturated rings. The summed E-state index contributed by atoms with van der Waals surface area (Å²) in [5.41, 5.74) is 1.80. The molecule has 1 amide bonds. The molecule has 0 heterocycles. The molecule has 7 nitrogen and oxygen atoms in total.